The third kappa shape index (κ3) is 4.24. The molecule has 3 rings (SSSR count). The van der Waals surface area contributed by atoms with Crippen LogP contribution >= 0.6 is 0 Å². The number of hydrogen-bond acceptors (Lipinski definition) is 2. The summed E-state index contributed by atoms with van der Waals surface area (Å²) in [6.45, 7) is 9.97. The number of halogens is 1. The largest absolute Gasteiger partial charge is 0.331 e. The molecule has 5 heteroatoms. The van der Waals surface area contributed by atoms with E-state index >= 15 is 0 Å². The first-order valence-electron chi connectivity index (χ1n) is 9.90. The second kappa shape index (κ2) is 8.55. The van der Waals surface area contributed by atoms with E-state index in [0.717, 1.165) is 29.9 Å². The number of fused-ring (bicyclic) bond motifs is 1. The van der Waals surface area contributed by atoms with E-state index in [0.29, 0.717) is 30.1 Å². The van der Waals surface area contributed by atoms with Crippen LogP contribution in [0, 0.1) is 18.7 Å². The van der Waals surface area contributed by atoms with Gasteiger partial charge >= 0.3 is 0 Å². The third-order valence-electron chi connectivity index (χ3n) is 4.76. The molecule has 0 bridgehead atoms. The van der Waals surface area contributed by atoms with E-state index in [1.54, 1.807) is 6.07 Å². The average Bonchev–Trinajstić information content (AvgIpc) is 3.00. The SMILES string of the molecule is CCCn1c(CN(CC(C)C)C(=O)c2ccc(C)cc2)nc2c(F)cccc21. The molecule has 148 valence electrons. The molecule has 0 aliphatic rings. The molecule has 4 nitrogen and oxygen atoms in total. The van der Waals surface area contributed by atoms with E-state index in [1.807, 2.05) is 46.7 Å². The van der Waals surface area contributed by atoms with Gasteiger partial charge in [-0.05, 0) is 43.5 Å². The number of imidazole rings is 1. The van der Waals surface area contributed by atoms with Crippen molar-refractivity contribution in [2.45, 2.75) is 47.2 Å². The van der Waals surface area contributed by atoms with Crippen LogP contribution in [0.4, 0.5) is 4.39 Å². The van der Waals surface area contributed by atoms with Gasteiger partial charge in [0.15, 0.2) is 5.82 Å². The minimum atomic E-state index is -0.325. The lowest BCUT2D eigenvalue weighted by molar-refractivity contribution is 0.0716. The van der Waals surface area contributed by atoms with Crippen LogP contribution in [0.2, 0.25) is 0 Å². The highest BCUT2D eigenvalue weighted by Crippen LogP contribution is 2.22. The summed E-state index contributed by atoms with van der Waals surface area (Å²) < 4.78 is 16.3. The highest BCUT2D eigenvalue weighted by Gasteiger charge is 2.21. The van der Waals surface area contributed by atoms with Crippen molar-refractivity contribution in [2.75, 3.05) is 6.54 Å². The quantitative estimate of drug-likeness (QED) is 0.565. The van der Waals surface area contributed by atoms with Crippen LogP contribution in [0.5, 0.6) is 0 Å². The Morgan fingerprint density at radius 2 is 1.89 bits per heavy atom. The number of aryl methyl sites for hydroxylation is 2. The lowest BCUT2D eigenvalue weighted by Crippen LogP contribution is -2.34. The van der Waals surface area contributed by atoms with Crippen LogP contribution in [0.3, 0.4) is 0 Å². The summed E-state index contributed by atoms with van der Waals surface area (Å²) in [5.74, 6) is 0.691. The zero-order valence-electron chi connectivity index (χ0n) is 17.1. The lowest BCUT2D eigenvalue weighted by atomic mass is 10.1. The highest BCUT2D eigenvalue weighted by atomic mass is 19.1. The monoisotopic (exact) mass is 381 g/mol. The molecule has 0 aliphatic heterocycles. The Labute approximate surface area is 166 Å². The van der Waals surface area contributed by atoms with Crippen molar-refractivity contribution >= 4 is 16.9 Å². The summed E-state index contributed by atoms with van der Waals surface area (Å²) in [7, 11) is 0. The van der Waals surface area contributed by atoms with Gasteiger partial charge in [-0.25, -0.2) is 9.37 Å². The van der Waals surface area contributed by atoms with Gasteiger partial charge in [0.25, 0.3) is 5.91 Å². The summed E-state index contributed by atoms with van der Waals surface area (Å²) in [5.41, 5.74) is 2.94. The molecule has 0 unspecified atom stereocenters. The van der Waals surface area contributed by atoms with Crippen molar-refractivity contribution in [3.05, 3.63) is 65.2 Å². The molecule has 28 heavy (non-hydrogen) atoms. The first kappa shape index (κ1) is 20.1. The third-order valence-corrected chi connectivity index (χ3v) is 4.76. The number of amides is 1. The molecule has 1 amide bonds. The van der Waals surface area contributed by atoms with Gasteiger partial charge in [0, 0.05) is 18.7 Å². The Hall–Kier alpha value is -2.69. The number of para-hydroxylation sites is 1. The van der Waals surface area contributed by atoms with E-state index in [4.69, 9.17) is 0 Å². The van der Waals surface area contributed by atoms with E-state index in [2.05, 4.69) is 25.8 Å². The topological polar surface area (TPSA) is 38.1 Å². The molecule has 1 aromatic heterocycles. The van der Waals surface area contributed by atoms with E-state index in [9.17, 15) is 9.18 Å². The van der Waals surface area contributed by atoms with E-state index in [-0.39, 0.29) is 11.7 Å². The molecule has 0 N–H and O–H groups in total. The summed E-state index contributed by atoms with van der Waals surface area (Å²) >= 11 is 0. The van der Waals surface area contributed by atoms with E-state index in [1.165, 1.54) is 6.07 Å². The van der Waals surface area contributed by atoms with E-state index < -0.39 is 0 Å². The molecule has 0 radical (unpaired) electrons. The normalized spacial score (nSPS) is 11.4. The predicted octanol–water partition coefficient (Wildman–Crippen LogP) is 5.19. The summed E-state index contributed by atoms with van der Waals surface area (Å²) in [6, 6.07) is 12.6. The second-order valence-electron chi connectivity index (χ2n) is 7.73. The van der Waals surface area contributed by atoms with Crippen molar-refractivity contribution in [1.82, 2.24) is 14.5 Å². The first-order chi connectivity index (χ1) is 13.4. The minimum Gasteiger partial charge on any atom is -0.331 e. The molecule has 0 spiro atoms. The molecule has 0 fully saturated rings. The van der Waals surface area contributed by atoms with Gasteiger partial charge in [0.1, 0.15) is 11.3 Å². The van der Waals surface area contributed by atoms with Gasteiger partial charge in [0.2, 0.25) is 0 Å². The van der Waals surface area contributed by atoms with Crippen LogP contribution in [0.15, 0.2) is 42.5 Å². The molecule has 0 saturated carbocycles. The number of hydrogen-bond donors (Lipinski definition) is 0. The second-order valence-corrected chi connectivity index (χ2v) is 7.73. The van der Waals surface area contributed by atoms with Gasteiger partial charge in [-0.2, -0.15) is 0 Å². The lowest BCUT2D eigenvalue weighted by Gasteiger charge is -2.25. The maximum absolute atomic E-state index is 14.3. The van der Waals surface area contributed by atoms with Crippen molar-refractivity contribution in [3.63, 3.8) is 0 Å². The fraction of sp³-hybridized carbons (Fsp3) is 0.391. The maximum Gasteiger partial charge on any atom is 0.254 e. The van der Waals surface area contributed by atoms with Crippen LogP contribution in [-0.4, -0.2) is 26.9 Å². The summed E-state index contributed by atoms with van der Waals surface area (Å²) in [4.78, 5) is 19.5. The number of carbonyl (C=O) groups is 1. The Balaban J connectivity index is 1.98. The fourth-order valence-electron chi connectivity index (χ4n) is 3.46. The Morgan fingerprint density at radius 3 is 2.54 bits per heavy atom. The smallest absolute Gasteiger partial charge is 0.254 e. The molecular formula is C23H28FN3O. The number of benzene rings is 2. The number of rotatable bonds is 7. The van der Waals surface area contributed by atoms with Gasteiger partial charge in [-0.1, -0.05) is 44.5 Å². The van der Waals surface area contributed by atoms with Crippen LogP contribution in [-0.2, 0) is 13.1 Å². The Bertz CT molecular complexity index is 960. The Kier molecular flexibility index (Phi) is 6.12. The molecule has 3 aromatic rings. The molecule has 0 atom stereocenters. The zero-order chi connectivity index (χ0) is 20.3. The van der Waals surface area contributed by atoms with Gasteiger partial charge in [0.05, 0.1) is 12.1 Å². The molecule has 0 aliphatic carbocycles. The van der Waals surface area contributed by atoms with Crippen molar-refractivity contribution in [3.8, 4) is 0 Å². The number of aromatic nitrogens is 2. The van der Waals surface area contributed by atoms with Crippen molar-refractivity contribution in [2.24, 2.45) is 5.92 Å². The number of nitrogens with zero attached hydrogens (tertiary/aromatic N) is 3. The summed E-state index contributed by atoms with van der Waals surface area (Å²) in [5, 5.41) is 0. The maximum atomic E-state index is 14.3. The molecule has 2 aromatic carbocycles. The van der Waals surface area contributed by atoms with Crippen LogP contribution in [0.25, 0.3) is 11.0 Å². The van der Waals surface area contributed by atoms with Crippen molar-refractivity contribution in [1.29, 1.82) is 0 Å². The summed E-state index contributed by atoms with van der Waals surface area (Å²) in [6.07, 6.45) is 0.908. The first-order valence-corrected chi connectivity index (χ1v) is 9.90. The average molecular weight is 381 g/mol. The fourth-order valence-corrected chi connectivity index (χ4v) is 3.46. The van der Waals surface area contributed by atoms with Crippen molar-refractivity contribution < 1.29 is 9.18 Å². The Morgan fingerprint density at radius 1 is 1.18 bits per heavy atom. The van der Waals surface area contributed by atoms with Gasteiger partial charge in [-0.3, -0.25) is 4.79 Å². The standard InChI is InChI=1S/C23H28FN3O/c1-5-13-27-20-8-6-7-19(24)22(20)25-21(27)15-26(14-16(2)3)23(28)18-11-9-17(4)10-12-18/h6-12,16H,5,13-15H2,1-4H3. The molecule has 0 saturated heterocycles. The van der Waals surface area contributed by atoms with Crippen LogP contribution < -0.4 is 0 Å². The van der Waals surface area contributed by atoms with Crippen LogP contribution in [0.1, 0.15) is 48.9 Å². The molecule has 1 heterocycles. The molecular weight excluding hydrogens is 353 g/mol. The number of carbonyl (C=O) groups excluding carboxylic acids is 1. The van der Waals surface area contributed by atoms with Gasteiger partial charge in [-0.15, -0.1) is 0 Å². The predicted molar refractivity (Wildman–Crippen MR) is 111 cm³/mol. The zero-order valence-corrected chi connectivity index (χ0v) is 17.1. The highest BCUT2D eigenvalue weighted by molar-refractivity contribution is 5.94. The van der Waals surface area contributed by atoms with Gasteiger partial charge < -0.3 is 9.47 Å². The minimum absolute atomic E-state index is 0.0238.